The molecule has 0 aliphatic heterocycles. The zero-order valence-corrected chi connectivity index (χ0v) is 9.89. The zero-order chi connectivity index (χ0) is 12.4. The maximum Gasteiger partial charge on any atom is 0.119 e. The summed E-state index contributed by atoms with van der Waals surface area (Å²) in [5, 5.41) is 1.15. The second-order valence-corrected chi connectivity index (χ2v) is 4.22. The summed E-state index contributed by atoms with van der Waals surface area (Å²) in [6.45, 7) is 0.550. The van der Waals surface area contributed by atoms with Crippen LogP contribution in [0.3, 0.4) is 0 Å². The smallest absolute Gasteiger partial charge is 0.119 e. The van der Waals surface area contributed by atoms with Crippen LogP contribution in [0.25, 0.3) is 10.9 Å². The summed E-state index contributed by atoms with van der Waals surface area (Å²) in [4.78, 5) is 3.21. The predicted molar refractivity (Wildman–Crippen MR) is 73.5 cm³/mol. The lowest BCUT2D eigenvalue weighted by Gasteiger charge is -2.04. The van der Waals surface area contributed by atoms with Gasteiger partial charge in [0, 0.05) is 28.4 Å². The van der Waals surface area contributed by atoms with E-state index in [1.54, 1.807) is 0 Å². The van der Waals surface area contributed by atoms with Gasteiger partial charge in [0.2, 0.25) is 0 Å². The monoisotopic (exact) mass is 238 g/mol. The van der Waals surface area contributed by atoms with E-state index in [-0.39, 0.29) is 0 Å². The molecule has 0 aliphatic carbocycles. The summed E-state index contributed by atoms with van der Waals surface area (Å²) >= 11 is 0. The molecule has 90 valence electrons. The van der Waals surface area contributed by atoms with Gasteiger partial charge in [-0.1, -0.05) is 24.3 Å². The van der Waals surface area contributed by atoms with Crippen LogP contribution in [0.5, 0.6) is 5.75 Å². The van der Waals surface area contributed by atoms with Gasteiger partial charge in [-0.05, 0) is 24.3 Å². The average Bonchev–Trinajstić information content (AvgIpc) is 2.80. The minimum absolute atomic E-state index is 0.550. The van der Waals surface area contributed by atoms with Crippen molar-refractivity contribution in [3.63, 3.8) is 0 Å². The normalized spacial score (nSPS) is 10.7. The van der Waals surface area contributed by atoms with Crippen molar-refractivity contribution >= 4 is 16.6 Å². The van der Waals surface area contributed by atoms with Crippen molar-refractivity contribution in [3.05, 3.63) is 60.3 Å². The maximum absolute atomic E-state index is 5.75. The number of hydrogen-bond donors (Lipinski definition) is 2. The molecular weight excluding hydrogens is 224 g/mol. The fourth-order valence-electron chi connectivity index (χ4n) is 2.00. The zero-order valence-electron chi connectivity index (χ0n) is 9.89. The number of hydrogen-bond acceptors (Lipinski definition) is 2. The van der Waals surface area contributed by atoms with Gasteiger partial charge < -0.3 is 15.5 Å². The Hall–Kier alpha value is -2.42. The van der Waals surface area contributed by atoms with E-state index in [0.29, 0.717) is 6.61 Å². The van der Waals surface area contributed by atoms with Crippen molar-refractivity contribution in [2.45, 2.75) is 6.61 Å². The van der Waals surface area contributed by atoms with Crippen molar-refractivity contribution in [2.24, 2.45) is 0 Å². The third kappa shape index (κ3) is 2.02. The third-order valence-electron chi connectivity index (χ3n) is 2.93. The number of nitrogens with two attached hydrogens (primary N) is 1. The summed E-state index contributed by atoms with van der Waals surface area (Å²) < 4.78 is 5.74. The highest BCUT2D eigenvalue weighted by Crippen LogP contribution is 2.22. The van der Waals surface area contributed by atoms with Crippen LogP contribution >= 0.6 is 0 Å². The van der Waals surface area contributed by atoms with Gasteiger partial charge in [-0.25, -0.2) is 0 Å². The molecule has 3 heteroatoms. The van der Waals surface area contributed by atoms with E-state index in [0.717, 1.165) is 27.9 Å². The quantitative estimate of drug-likeness (QED) is 0.688. The topological polar surface area (TPSA) is 51.0 Å². The largest absolute Gasteiger partial charge is 0.489 e. The molecule has 3 aromatic rings. The lowest BCUT2D eigenvalue weighted by molar-refractivity contribution is 0.307. The lowest BCUT2D eigenvalue weighted by atomic mass is 10.2. The minimum Gasteiger partial charge on any atom is -0.489 e. The van der Waals surface area contributed by atoms with E-state index in [1.165, 1.54) is 0 Å². The Labute approximate surface area is 105 Å². The van der Waals surface area contributed by atoms with Crippen LogP contribution in [0.1, 0.15) is 5.56 Å². The van der Waals surface area contributed by atoms with Crippen LogP contribution in [-0.2, 0) is 6.61 Å². The number of ether oxygens (including phenoxy) is 1. The summed E-state index contributed by atoms with van der Waals surface area (Å²) in [5.41, 5.74) is 8.69. The first kappa shape index (κ1) is 10.7. The van der Waals surface area contributed by atoms with Gasteiger partial charge >= 0.3 is 0 Å². The highest BCUT2D eigenvalue weighted by molar-refractivity contribution is 5.85. The fourth-order valence-corrected chi connectivity index (χ4v) is 2.00. The van der Waals surface area contributed by atoms with E-state index in [4.69, 9.17) is 10.5 Å². The highest BCUT2D eigenvalue weighted by atomic mass is 16.5. The van der Waals surface area contributed by atoms with Crippen LogP contribution in [0.2, 0.25) is 0 Å². The van der Waals surface area contributed by atoms with E-state index in [2.05, 4.69) is 4.98 Å². The number of nitrogens with one attached hydrogen (secondary N) is 1. The van der Waals surface area contributed by atoms with Crippen LogP contribution in [-0.4, -0.2) is 4.98 Å². The molecule has 0 atom stereocenters. The fraction of sp³-hybridized carbons (Fsp3) is 0.0667. The molecule has 0 spiro atoms. The summed E-state index contributed by atoms with van der Waals surface area (Å²) in [6, 6.07) is 15.7. The molecule has 18 heavy (non-hydrogen) atoms. The Morgan fingerprint density at radius 3 is 2.72 bits per heavy atom. The van der Waals surface area contributed by atoms with Crippen LogP contribution in [0.15, 0.2) is 54.7 Å². The number of benzene rings is 2. The lowest BCUT2D eigenvalue weighted by Crippen LogP contribution is -1.94. The van der Waals surface area contributed by atoms with Crippen molar-refractivity contribution < 1.29 is 4.74 Å². The molecule has 0 unspecified atom stereocenters. The molecule has 3 rings (SSSR count). The van der Waals surface area contributed by atoms with Crippen LogP contribution in [0, 0.1) is 0 Å². The summed E-state index contributed by atoms with van der Waals surface area (Å²) in [7, 11) is 0. The van der Waals surface area contributed by atoms with Crippen LogP contribution in [0.4, 0.5) is 5.69 Å². The molecule has 0 saturated carbocycles. The molecule has 0 amide bonds. The van der Waals surface area contributed by atoms with Crippen molar-refractivity contribution in [3.8, 4) is 5.75 Å². The summed E-state index contributed by atoms with van der Waals surface area (Å²) in [6.07, 6.45) is 1.97. The predicted octanol–water partition coefficient (Wildman–Crippen LogP) is 3.33. The van der Waals surface area contributed by atoms with Crippen molar-refractivity contribution in [1.29, 1.82) is 0 Å². The van der Waals surface area contributed by atoms with Gasteiger partial charge in [-0.15, -0.1) is 0 Å². The minimum atomic E-state index is 0.550. The average molecular weight is 238 g/mol. The number of aromatic nitrogens is 1. The molecule has 1 heterocycles. The molecule has 0 aliphatic rings. The molecule has 0 bridgehead atoms. The number of fused-ring (bicyclic) bond motifs is 1. The van der Waals surface area contributed by atoms with Crippen molar-refractivity contribution in [2.75, 3.05) is 5.73 Å². The number of nitrogen functional groups attached to an aromatic ring is 1. The Bertz CT molecular complexity index is 659. The molecule has 2 aromatic carbocycles. The van der Waals surface area contributed by atoms with E-state index in [9.17, 15) is 0 Å². The van der Waals surface area contributed by atoms with E-state index >= 15 is 0 Å². The molecule has 3 N–H and O–H groups in total. The van der Waals surface area contributed by atoms with Gasteiger partial charge in [0.1, 0.15) is 12.4 Å². The Balaban J connectivity index is 1.83. The number of para-hydroxylation sites is 1. The first-order chi connectivity index (χ1) is 8.83. The number of rotatable bonds is 3. The van der Waals surface area contributed by atoms with Gasteiger partial charge in [-0.2, -0.15) is 0 Å². The van der Waals surface area contributed by atoms with Gasteiger partial charge in [0.15, 0.2) is 0 Å². The van der Waals surface area contributed by atoms with Gasteiger partial charge in [0.25, 0.3) is 0 Å². The van der Waals surface area contributed by atoms with E-state index < -0.39 is 0 Å². The SMILES string of the molecule is Nc1ccc2c(COc3ccccc3)c[nH]c2c1. The maximum atomic E-state index is 5.75. The highest BCUT2D eigenvalue weighted by Gasteiger charge is 2.04. The van der Waals surface area contributed by atoms with Gasteiger partial charge in [-0.3, -0.25) is 0 Å². The second-order valence-electron chi connectivity index (χ2n) is 4.22. The molecule has 0 fully saturated rings. The van der Waals surface area contributed by atoms with Crippen LogP contribution < -0.4 is 10.5 Å². The van der Waals surface area contributed by atoms with Crippen molar-refractivity contribution in [1.82, 2.24) is 4.98 Å². The molecular formula is C15H14N2O. The summed E-state index contributed by atoms with van der Waals surface area (Å²) in [5.74, 6) is 0.877. The molecule has 1 aromatic heterocycles. The molecule has 0 radical (unpaired) electrons. The Kier molecular flexibility index (Phi) is 2.65. The Morgan fingerprint density at radius 2 is 1.89 bits per heavy atom. The van der Waals surface area contributed by atoms with E-state index in [1.807, 2.05) is 54.7 Å². The standard InChI is InChI=1S/C15H14N2O/c16-12-6-7-14-11(9-17-15(14)8-12)10-18-13-4-2-1-3-5-13/h1-9,17H,10,16H2. The number of aromatic amines is 1. The third-order valence-corrected chi connectivity index (χ3v) is 2.93. The number of H-pyrrole nitrogens is 1. The second kappa shape index (κ2) is 4.45. The first-order valence-electron chi connectivity index (χ1n) is 5.86. The molecule has 3 nitrogen and oxygen atoms in total. The van der Waals surface area contributed by atoms with Gasteiger partial charge in [0.05, 0.1) is 0 Å². The molecule has 0 saturated heterocycles. The Morgan fingerprint density at radius 1 is 1.06 bits per heavy atom. The first-order valence-corrected chi connectivity index (χ1v) is 5.86. The number of anilines is 1.